The van der Waals surface area contributed by atoms with Crippen molar-refractivity contribution in [3.05, 3.63) is 59.7 Å². The molecular weight excluding hydrogens is 286 g/mol. The van der Waals surface area contributed by atoms with Crippen LogP contribution >= 0.6 is 0 Å². The Bertz CT molecular complexity index is 595. The molecule has 4 nitrogen and oxygen atoms in total. The molecule has 0 spiro atoms. The standard InChI is InChI=1S/C11H16N2O.C8H11N/c12-11-3-1-2-10(8-11)9-13-4-6-14-7-5-13;1-7-4-3-5-8(6-7)9-2/h1-3,8H,4-7,9,12H2;3-6,9H,1-2H3. The number of nitrogens with two attached hydrogens (primary N) is 1. The molecule has 0 amide bonds. The van der Waals surface area contributed by atoms with E-state index >= 15 is 0 Å². The van der Waals surface area contributed by atoms with Gasteiger partial charge in [0, 0.05) is 38.1 Å². The highest BCUT2D eigenvalue weighted by Gasteiger charge is 2.10. The van der Waals surface area contributed by atoms with Gasteiger partial charge in [-0.05, 0) is 42.3 Å². The van der Waals surface area contributed by atoms with Gasteiger partial charge >= 0.3 is 0 Å². The largest absolute Gasteiger partial charge is 0.399 e. The molecule has 124 valence electrons. The molecule has 0 aliphatic carbocycles. The van der Waals surface area contributed by atoms with Crippen molar-refractivity contribution in [2.24, 2.45) is 0 Å². The summed E-state index contributed by atoms with van der Waals surface area (Å²) >= 11 is 0. The molecular formula is C19H27N3O. The number of aryl methyl sites for hydroxylation is 1. The van der Waals surface area contributed by atoms with Crippen molar-refractivity contribution in [2.75, 3.05) is 44.4 Å². The highest BCUT2D eigenvalue weighted by atomic mass is 16.5. The van der Waals surface area contributed by atoms with Crippen LogP contribution in [-0.2, 0) is 11.3 Å². The maximum absolute atomic E-state index is 5.72. The zero-order chi connectivity index (χ0) is 16.5. The Labute approximate surface area is 139 Å². The number of hydrogen-bond acceptors (Lipinski definition) is 4. The topological polar surface area (TPSA) is 50.5 Å². The molecule has 23 heavy (non-hydrogen) atoms. The second-order valence-corrected chi connectivity index (χ2v) is 5.75. The second-order valence-electron chi connectivity index (χ2n) is 5.75. The summed E-state index contributed by atoms with van der Waals surface area (Å²) in [6.07, 6.45) is 0. The fraction of sp³-hybridized carbons (Fsp3) is 0.368. The first kappa shape index (κ1) is 17.3. The smallest absolute Gasteiger partial charge is 0.0594 e. The Morgan fingerprint density at radius 1 is 1.09 bits per heavy atom. The van der Waals surface area contributed by atoms with E-state index in [1.807, 2.05) is 37.4 Å². The summed E-state index contributed by atoms with van der Waals surface area (Å²) in [5, 5.41) is 3.07. The molecule has 0 saturated carbocycles. The molecule has 1 fully saturated rings. The van der Waals surface area contributed by atoms with Crippen molar-refractivity contribution in [3.8, 4) is 0 Å². The van der Waals surface area contributed by atoms with E-state index < -0.39 is 0 Å². The van der Waals surface area contributed by atoms with Gasteiger partial charge in [0.1, 0.15) is 0 Å². The van der Waals surface area contributed by atoms with E-state index in [0.717, 1.165) is 38.5 Å². The number of rotatable bonds is 3. The first-order valence-electron chi connectivity index (χ1n) is 8.06. The molecule has 0 unspecified atom stereocenters. The molecule has 2 aromatic rings. The van der Waals surface area contributed by atoms with Gasteiger partial charge in [0.25, 0.3) is 0 Å². The molecule has 2 aromatic carbocycles. The van der Waals surface area contributed by atoms with Crippen LogP contribution in [-0.4, -0.2) is 38.3 Å². The Hall–Kier alpha value is -2.04. The second kappa shape index (κ2) is 9.18. The minimum Gasteiger partial charge on any atom is -0.399 e. The maximum atomic E-state index is 5.72. The van der Waals surface area contributed by atoms with Crippen molar-refractivity contribution < 1.29 is 4.74 Å². The van der Waals surface area contributed by atoms with Gasteiger partial charge in [-0.25, -0.2) is 0 Å². The SMILES string of the molecule is CNc1cccc(C)c1.Nc1cccc(CN2CCOCC2)c1. The van der Waals surface area contributed by atoms with Crippen LogP contribution in [0.15, 0.2) is 48.5 Å². The summed E-state index contributed by atoms with van der Waals surface area (Å²) in [6.45, 7) is 6.81. The van der Waals surface area contributed by atoms with Crippen molar-refractivity contribution in [1.82, 2.24) is 4.90 Å². The van der Waals surface area contributed by atoms with Gasteiger partial charge < -0.3 is 15.8 Å². The molecule has 0 bridgehead atoms. The predicted molar refractivity (Wildman–Crippen MR) is 97.7 cm³/mol. The van der Waals surface area contributed by atoms with Crippen LogP contribution in [0.1, 0.15) is 11.1 Å². The van der Waals surface area contributed by atoms with Crippen LogP contribution in [0.25, 0.3) is 0 Å². The number of nitrogens with one attached hydrogen (secondary N) is 1. The lowest BCUT2D eigenvalue weighted by atomic mass is 10.2. The van der Waals surface area contributed by atoms with Gasteiger partial charge in [0.2, 0.25) is 0 Å². The number of benzene rings is 2. The number of morpholine rings is 1. The van der Waals surface area contributed by atoms with Gasteiger partial charge in [-0.15, -0.1) is 0 Å². The summed E-state index contributed by atoms with van der Waals surface area (Å²) in [6, 6.07) is 16.4. The van der Waals surface area contributed by atoms with Crippen LogP contribution in [0.4, 0.5) is 11.4 Å². The number of nitrogen functional groups attached to an aromatic ring is 1. The van der Waals surface area contributed by atoms with E-state index in [1.54, 1.807) is 0 Å². The third kappa shape index (κ3) is 6.30. The summed E-state index contributed by atoms with van der Waals surface area (Å²) < 4.78 is 5.29. The summed E-state index contributed by atoms with van der Waals surface area (Å²) in [4.78, 5) is 2.39. The monoisotopic (exact) mass is 313 g/mol. The van der Waals surface area contributed by atoms with E-state index in [4.69, 9.17) is 10.5 Å². The van der Waals surface area contributed by atoms with E-state index in [2.05, 4.69) is 35.3 Å². The minimum absolute atomic E-state index is 0.843. The molecule has 1 aliphatic rings. The van der Waals surface area contributed by atoms with Gasteiger partial charge in [0.15, 0.2) is 0 Å². The highest BCUT2D eigenvalue weighted by molar-refractivity contribution is 5.44. The van der Waals surface area contributed by atoms with Gasteiger partial charge in [0.05, 0.1) is 13.2 Å². The van der Waals surface area contributed by atoms with Crippen LogP contribution in [0.2, 0.25) is 0 Å². The summed E-state index contributed by atoms with van der Waals surface area (Å²) in [7, 11) is 1.93. The van der Waals surface area contributed by atoms with Crippen molar-refractivity contribution in [2.45, 2.75) is 13.5 Å². The van der Waals surface area contributed by atoms with E-state index in [1.165, 1.54) is 16.8 Å². The van der Waals surface area contributed by atoms with Gasteiger partial charge in [-0.3, -0.25) is 4.90 Å². The molecule has 1 aliphatic heterocycles. The Morgan fingerprint density at radius 3 is 2.43 bits per heavy atom. The first-order valence-corrected chi connectivity index (χ1v) is 8.06. The average molecular weight is 313 g/mol. The third-order valence-electron chi connectivity index (χ3n) is 3.77. The Morgan fingerprint density at radius 2 is 1.83 bits per heavy atom. The predicted octanol–water partition coefficient (Wildman–Crippen LogP) is 3.14. The van der Waals surface area contributed by atoms with E-state index in [0.29, 0.717) is 0 Å². The summed E-state index contributed by atoms with van der Waals surface area (Å²) in [5.41, 5.74) is 10.3. The van der Waals surface area contributed by atoms with E-state index in [9.17, 15) is 0 Å². The lowest BCUT2D eigenvalue weighted by molar-refractivity contribution is 0.0342. The van der Waals surface area contributed by atoms with Gasteiger partial charge in [-0.2, -0.15) is 0 Å². The van der Waals surface area contributed by atoms with Crippen LogP contribution in [0.5, 0.6) is 0 Å². The number of nitrogens with zero attached hydrogens (tertiary/aromatic N) is 1. The Kier molecular flexibility index (Phi) is 6.91. The normalized spacial score (nSPS) is 14.7. The molecule has 0 atom stereocenters. The number of anilines is 2. The van der Waals surface area contributed by atoms with E-state index in [-0.39, 0.29) is 0 Å². The van der Waals surface area contributed by atoms with Crippen LogP contribution in [0.3, 0.4) is 0 Å². The zero-order valence-electron chi connectivity index (χ0n) is 14.1. The quantitative estimate of drug-likeness (QED) is 0.855. The third-order valence-corrected chi connectivity index (χ3v) is 3.77. The molecule has 3 rings (SSSR count). The van der Waals surface area contributed by atoms with Crippen molar-refractivity contribution >= 4 is 11.4 Å². The summed E-state index contributed by atoms with van der Waals surface area (Å²) in [5.74, 6) is 0. The highest BCUT2D eigenvalue weighted by Crippen LogP contribution is 2.10. The first-order chi connectivity index (χ1) is 11.2. The molecule has 0 aromatic heterocycles. The van der Waals surface area contributed by atoms with Crippen LogP contribution < -0.4 is 11.1 Å². The fourth-order valence-electron chi connectivity index (χ4n) is 2.51. The molecule has 0 radical (unpaired) electrons. The molecule has 1 saturated heterocycles. The number of hydrogen-bond donors (Lipinski definition) is 2. The van der Waals surface area contributed by atoms with Gasteiger partial charge in [-0.1, -0.05) is 24.3 Å². The molecule has 1 heterocycles. The maximum Gasteiger partial charge on any atom is 0.0594 e. The zero-order valence-corrected chi connectivity index (χ0v) is 14.1. The minimum atomic E-state index is 0.843. The fourth-order valence-corrected chi connectivity index (χ4v) is 2.51. The van der Waals surface area contributed by atoms with Crippen molar-refractivity contribution in [1.29, 1.82) is 0 Å². The number of ether oxygens (including phenoxy) is 1. The van der Waals surface area contributed by atoms with Crippen molar-refractivity contribution in [3.63, 3.8) is 0 Å². The lowest BCUT2D eigenvalue weighted by Gasteiger charge is -2.26. The Balaban J connectivity index is 0.000000185. The molecule has 4 heteroatoms. The average Bonchev–Trinajstić information content (AvgIpc) is 2.56. The molecule has 3 N–H and O–H groups in total. The lowest BCUT2D eigenvalue weighted by Crippen LogP contribution is -2.35. The van der Waals surface area contributed by atoms with Crippen LogP contribution in [0, 0.1) is 6.92 Å².